The Kier molecular flexibility index (Phi) is 9.50. The molecule has 1 aromatic carbocycles. The molecule has 11 heteroatoms. The monoisotopic (exact) mass is 554 g/mol. The summed E-state index contributed by atoms with van der Waals surface area (Å²) in [5.41, 5.74) is 7.61. The van der Waals surface area contributed by atoms with Gasteiger partial charge in [0.05, 0.1) is 11.4 Å². The van der Waals surface area contributed by atoms with Crippen molar-refractivity contribution < 1.29 is 9.32 Å². The molecule has 0 atom stereocenters. The van der Waals surface area contributed by atoms with E-state index >= 15 is 0 Å². The minimum atomic E-state index is -2.05. The Balaban J connectivity index is 1.56. The van der Waals surface area contributed by atoms with E-state index in [4.69, 9.17) is 10.3 Å². The molecule has 204 valence electrons. The van der Waals surface area contributed by atoms with Gasteiger partial charge in [-0.05, 0) is 49.2 Å². The molecule has 0 radical (unpaired) electrons. The van der Waals surface area contributed by atoms with Gasteiger partial charge < -0.3 is 20.9 Å². The molecular weight excluding hydrogens is 516 g/mol. The highest BCUT2D eigenvalue weighted by Crippen LogP contribution is 2.36. The Labute approximate surface area is 229 Å². The zero-order valence-electron chi connectivity index (χ0n) is 23.0. The summed E-state index contributed by atoms with van der Waals surface area (Å²) >= 11 is 1.44. The topological polar surface area (TPSA) is 124 Å². The molecule has 2 aromatic heterocycles. The van der Waals surface area contributed by atoms with Crippen LogP contribution in [0.5, 0.6) is 0 Å². The number of carbonyl (C=O) groups excluding carboxylic acids is 1. The van der Waals surface area contributed by atoms with Crippen molar-refractivity contribution in [2.24, 2.45) is 10.9 Å². The molecule has 9 nitrogen and oxygen atoms in total. The molecule has 1 amide bonds. The lowest BCUT2D eigenvalue weighted by Crippen LogP contribution is -2.39. The van der Waals surface area contributed by atoms with Crippen molar-refractivity contribution in [2.45, 2.75) is 65.3 Å². The Morgan fingerprint density at radius 3 is 2.58 bits per heavy atom. The van der Waals surface area contributed by atoms with Gasteiger partial charge in [-0.15, -0.1) is 11.3 Å². The van der Waals surface area contributed by atoms with E-state index in [0.29, 0.717) is 24.6 Å². The van der Waals surface area contributed by atoms with E-state index in [0.717, 1.165) is 16.2 Å². The SMILES string of the molecule is Cc1cnc(NCCc2ccccc2)c(=O)n1CC(=O)NCc1ccc(C(N)=NO[Si](C)(C)C(C)(C)C)s1. The van der Waals surface area contributed by atoms with Crippen molar-refractivity contribution >= 4 is 37.2 Å². The average Bonchev–Trinajstić information content (AvgIpc) is 3.34. The Morgan fingerprint density at radius 2 is 1.89 bits per heavy atom. The number of aromatic nitrogens is 2. The second-order valence-corrected chi connectivity index (χ2v) is 16.5. The van der Waals surface area contributed by atoms with Gasteiger partial charge in [0.2, 0.25) is 5.91 Å². The summed E-state index contributed by atoms with van der Waals surface area (Å²) in [7, 11) is -2.05. The van der Waals surface area contributed by atoms with Crippen molar-refractivity contribution in [3.05, 3.63) is 80.0 Å². The molecule has 0 saturated carbocycles. The third-order valence-electron chi connectivity index (χ3n) is 6.66. The first kappa shape index (κ1) is 29.1. The summed E-state index contributed by atoms with van der Waals surface area (Å²) in [6.45, 7) is 13.2. The number of thiophene rings is 1. The van der Waals surface area contributed by atoms with Gasteiger partial charge in [0.15, 0.2) is 11.7 Å². The van der Waals surface area contributed by atoms with Crippen LogP contribution in [0.2, 0.25) is 18.1 Å². The van der Waals surface area contributed by atoms with Crippen molar-refractivity contribution in [1.29, 1.82) is 0 Å². The number of amidine groups is 1. The maximum atomic E-state index is 12.9. The summed E-state index contributed by atoms with van der Waals surface area (Å²) in [5, 5.41) is 10.2. The summed E-state index contributed by atoms with van der Waals surface area (Å²) in [4.78, 5) is 31.5. The number of hydrogen-bond donors (Lipinski definition) is 3. The molecule has 3 aromatic rings. The van der Waals surface area contributed by atoms with Gasteiger partial charge in [-0.3, -0.25) is 14.2 Å². The second-order valence-electron chi connectivity index (χ2n) is 10.7. The van der Waals surface area contributed by atoms with Crippen LogP contribution in [0.25, 0.3) is 0 Å². The number of benzene rings is 1. The average molecular weight is 555 g/mol. The fourth-order valence-corrected chi connectivity index (χ4v) is 4.64. The quantitative estimate of drug-likeness (QED) is 0.141. The molecule has 0 aliphatic rings. The predicted molar refractivity (Wildman–Crippen MR) is 157 cm³/mol. The molecule has 0 spiro atoms. The molecule has 0 fully saturated rings. The van der Waals surface area contributed by atoms with Crippen LogP contribution in [-0.4, -0.2) is 36.2 Å². The maximum Gasteiger partial charge on any atom is 0.293 e. The van der Waals surface area contributed by atoms with E-state index in [9.17, 15) is 9.59 Å². The Morgan fingerprint density at radius 1 is 1.18 bits per heavy atom. The molecule has 4 N–H and O–H groups in total. The van der Waals surface area contributed by atoms with Crippen LogP contribution in [0.15, 0.2) is 58.6 Å². The molecule has 3 rings (SSSR count). The van der Waals surface area contributed by atoms with E-state index in [1.165, 1.54) is 21.5 Å². The third-order valence-corrected chi connectivity index (χ3v) is 11.9. The van der Waals surface area contributed by atoms with Gasteiger partial charge in [0.1, 0.15) is 6.54 Å². The number of nitrogens with two attached hydrogens (primary N) is 1. The summed E-state index contributed by atoms with van der Waals surface area (Å²) < 4.78 is 7.29. The Hall–Kier alpha value is -3.44. The van der Waals surface area contributed by atoms with Crippen LogP contribution in [0.4, 0.5) is 5.82 Å². The van der Waals surface area contributed by atoms with E-state index in [1.54, 1.807) is 13.1 Å². The van der Waals surface area contributed by atoms with Crippen LogP contribution in [0.3, 0.4) is 0 Å². The molecular formula is C27H38N6O3SSi. The lowest BCUT2D eigenvalue weighted by Gasteiger charge is -2.33. The molecule has 0 unspecified atom stereocenters. The number of oxime groups is 1. The Bertz CT molecular complexity index is 1330. The smallest absolute Gasteiger partial charge is 0.293 e. The lowest BCUT2D eigenvalue weighted by molar-refractivity contribution is -0.121. The lowest BCUT2D eigenvalue weighted by atomic mass is 10.1. The minimum Gasteiger partial charge on any atom is -0.453 e. The van der Waals surface area contributed by atoms with Gasteiger partial charge >= 0.3 is 0 Å². The van der Waals surface area contributed by atoms with Gasteiger partial charge in [0, 0.05) is 23.3 Å². The van der Waals surface area contributed by atoms with Crippen LogP contribution in [0, 0.1) is 6.92 Å². The summed E-state index contributed by atoms with van der Waals surface area (Å²) in [6.07, 6.45) is 2.36. The van der Waals surface area contributed by atoms with Crippen LogP contribution in [-0.2, 0) is 28.8 Å². The number of carbonyl (C=O) groups is 1. The second kappa shape index (κ2) is 12.4. The highest BCUT2D eigenvalue weighted by atomic mass is 32.1. The number of amides is 1. The molecule has 0 aliphatic heterocycles. The van der Waals surface area contributed by atoms with Gasteiger partial charge in [-0.25, -0.2) is 4.98 Å². The number of rotatable bonds is 11. The zero-order valence-corrected chi connectivity index (χ0v) is 24.8. The number of anilines is 1. The van der Waals surface area contributed by atoms with Crippen molar-refractivity contribution in [1.82, 2.24) is 14.9 Å². The molecule has 0 bridgehead atoms. The molecule has 0 saturated heterocycles. The highest BCUT2D eigenvalue weighted by Gasteiger charge is 2.40. The summed E-state index contributed by atoms with van der Waals surface area (Å²) in [5.74, 6) is 0.287. The first-order valence-corrected chi connectivity index (χ1v) is 16.3. The minimum absolute atomic E-state index is 0.0236. The van der Waals surface area contributed by atoms with E-state index in [1.807, 2.05) is 42.5 Å². The van der Waals surface area contributed by atoms with E-state index in [-0.39, 0.29) is 28.9 Å². The number of hydrogen-bond acceptors (Lipinski definition) is 7. The molecule has 0 aliphatic carbocycles. The van der Waals surface area contributed by atoms with E-state index < -0.39 is 8.32 Å². The molecule has 2 heterocycles. The first-order valence-electron chi connectivity index (χ1n) is 12.6. The maximum absolute atomic E-state index is 12.9. The number of nitrogens with one attached hydrogen (secondary N) is 2. The first-order chi connectivity index (χ1) is 17.9. The van der Waals surface area contributed by atoms with Crippen LogP contribution >= 0.6 is 11.3 Å². The predicted octanol–water partition coefficient (Wildman–Crippen LogP) is 4.23. The third kappa shape index (κ3) is 7.78. The highest BCUT2D eigenvalue weighted by molar-refractivity contribution is 7.14. The van der Waals surface area contributed by atoms with Crippen molar-refractivity contribution in [2.75, 3.05) is 11.9 Å². The normalized spacial score (nSPS) is 12.3. The largest absolute Gasteiger partial charge is 0.453 e. The fraction of sp³-hybridized carbons (Fsp3) is 0.407. The standard InChI is InChI=1S/C27H38N6O3SSi/c1-19-16-31-25(29-15-14-20-10-8-7-9-11-20)26(35)33(19)18-23(34)30-17-21-12-13-22(37-21)24(28)32-36-38(5,6)27(2,3)4/h7-13,16H,14-15,17-18H2,1-6H3,(H2,28,32)(H,29,31)(H,30,34). The van der Waals surface area contributed by atoms with Crippen molar-refractivity contribution in [3.8, 4) is 0 Å². The molecule has 38 heavy (non-hydrogen) atoms. The van der Waals surface area contributed by atoms with Gasteiger partial charge in [-0.2, -0.15) is 0 Å². The van der Waals surface area contributed by atoms with Crippen LogP contribution in [0.1, 0.15) is 41.8 Å². The van der Waals surface area contributed by atoms with Crippen LogP contribution < -0.4 is 21.9 Å². The number of aryl methyl sites for hydroxylation is 1. The fourth-order valence-electron chi connectivity index (χ4n) is 3.20. The van der Waals surface area contributed by atoms with Crippen molar-refractivity contribution in [3.63, 3.8) is 0 Å². The zero-order chi connectivity index (χ0) is 27.9. The van der Waals surface area contributed by atoms with Gasteiger partial charge in [0.25, 0.3) is 13.9 Å². The summed E-state index contributed by atoms with van der Waals surface area (Å²) in [6, 6.07) is 13.8. The van der Waals surface area contributed by atoms with E-state index in [2.05, 4.69) is 54.6 Å². The number of nitrogens with zero attached hydrogens (tertiary/aromatic N) is 3. The van der Waals surface area contributed by atoms with Gasteiger partial charge in [-0.1, -0.05) is 56.3 Å².